The molecule has 1 unspecified atom stereocenters. The zero-order chi connectivity index (χ0) is 15.1. The Morgan fingerprint density at radius 2 is 1.90 bits per heavy atom. The summed E-state index contributed by atoms with van der Waals surface area (Å²) in [5.74, 6) is -0.214. The van der Waals surface area contributed by atoms with Crippen LogP contribution in [0.25, 0.3) is 0 Å². The SMILES string of the molecule is Cc1cc(Br)cc2c1C(=O)N(C(C)c1ccc(F)cc1)C2. The number of carbonyl (C=O) groups excluding carboxylic acids is 1. The molecular formula is C17H15BrFNO. The maximum Gasteiger partial charge on any atom is 0.255 e. The van der Waals surface area contributed by atoms with Crippen molar-refractivity contribution in [1.82, 2.24) is 4.90 Å². The number of fused-ring (bicyclic) bond motifs is 1. The predicted octanol–water partition coefficient (Wildman–Crippen LogP) is 4.61. The first-order valence-corrected chi connectivity index (χ1v) is 7.62. The van der Waals surface area contributed by atoms with Gasteiger partial charge in [0.15, 0.2) is 0 Å². The van der Waals surface area contributed by atoms with Crippen molar-refractivity contribution in [3.8, 4) is 0 Å². The second-order valence-electron chi connectivity index (χ2n) is 5.42. The quantitative estimate of drug-likeness (QED) is 0.776. The summed E-state index contributed by atoms with van der Waals surface area (Å²) in [7, 11) is 0. The van der Waals surface area contributed by atoms with Crippen molar-refractivity contribution in [2.45, 2.75) is 26.4 Å². The summed E-state index contributed by atoms with van der Waals surface area (Å²) in [5.41, 5.74) is 3.76. The highest BCUT2D eigenvalue weighted by atomic mass is 79.9. The molecule has 108 valence electrons. The molecule has 0 N–H and O–H groups in total. The average molecular weight is 348 g/mol. The molecule has 2 nitrogen and oxygen atoms in total. The fraction of sp³-hybridized carbons (Fsp3) is 0.235. The van der Waals surface area contributed by atoms with E-state index in [0.717, 1.165) is 26.7 Å². The number of rotatable bonds is 2. The molecule has 0 fully saturated rings. The zero-order valence-corrected chi connectivity index (χ0v) is 13.4. The number of aryl methyl sites for hydroxylation is 1. The summed E-state index contributed by atoms with van der Waals surface area (Å²) in [6.45, 7) is 4.52. The highest BCUT2D eigenvalue weighted by Crippen LogP contribution is 2.34. The molecule has 1 amide bonds. The largest absolute Gasteiger partial charge is 0.328 e. The van der Waals surface area contributed by atoms with Gasteiger partial charge in [0.25, 0.3) is 5.91 Å². The van der Waals surface area contributed by atoms with Gasteiger partial charge in [-0.25, -0.2) is 4.39 Å². The average Bonchev–Trinajstić information content (AvgIpc) is 2.76. The van der Waals surface area contributed by atoms with Crippen LogP contribution >= 0.6 is 15.9 Å². The van der Waals surface area contributed by atoms with E-state index in [1.54, 1.807) is 12.1 Å². The summed E-state index contributed by atoms with van der Waals surface area (Å²) >= 11 is 3.47. The maximum absolute atomic E-state index is 13.0. The monoisotopic (exact) mass is 347 g/mol. The van der Waals surface area contributed by atoms with E-state index in [4.69, 9.17) is 0 Å². The molecule has 0 bridgehead atoms. The Morgan fingerprint density at radius 3 is 2.57 bits per heavy atom. The molecule has 2 aromatic carbocycles. The Bertz CT molecular complexity index is 711. The van der Waals surface area contributed by atoms with E-state index in [1.165, 1.54) is 12.1 Å². The fourth-order valence-corrected chi connectivity index (χ4v) is 3.50. The van der Waals surface area contributed by atoms with E-state index in [-0.39, 0.29) is 17.8 Å². The molecule has 0 radical (unpaired) electrons. The summed E-state index contributed by atoms with van der Waals surface area (Å²) in [5, 5.41) is 0. The van der Waals surface area contributed by atoms with Crippen LogP contribution < -0.4 is 0 Å². The fourth-order valence-electron chi connectivity index (χ4n) is 2.88. The number of halogens is 2. The lowest BCUT2D eigenvalue weighted by atomic mass is 10.0. The van der Waals surface area contributed by atoms with Gasteiger partial charge in [0.1, 0.15) is 5.82 Å². The highest BCUT2D eigenvalue weighted by molar-refractivity contribution is 9.10. The van der Waals surface area contributed by atoms with Crippen molar-refractivity contribution in [2.24, 2.45) is 0 Å². The van der Waals surface area contributed by atoms with Gasteiger partial charge in [0.2, 0.25) is 0 Å². The molecule has 1 atom stereocenters. The molecule has 0 aliphatic carbocycles. The predicted molar refractivity (Wildman–Crippen MR) is 83.6 cm³/mol. The van der Waals surface area contributed by atoms with E-state index >= 15 is 0 Å². The maximum atomic E-state index is 13.0. The lowest BCUT2D eigenvalue weighted by molar-refractivity contribution is 0.0715. The molecular weight excluding hydrogens is 333 g/mol. The number of nitrogens with zero attached hydrogens (tertiary/aromatic N) is 1. The van der Waals surface area contributed by atoms with Gasteiger partial charge >= 0.3 is 0 Å². The molecule has 1 aliphatic rings. The van der Waals surface area contributed by atoms with E-state index < -0.39 is 0 Å². The van der Waals surface area contributed by atoms with Crippen LogP contribution in [-0.2, 0) is 6.54 Å². The number of hydrogen-bond acceptors (Lipinski definition) is 1. The third-order valence-electron chi connectivity index (χ3n) is 4.02. The molecule has 1 aliphatic heterocycles. The minimum atomic E-state index is -0.262. The number of amides is 1. The molecule has 0 saturated heterocycles. The van der Waals surface area contributed by atoms with E-state index in [0.29, 0.717) is 6.54 Å². The summed E-state index contributed by atoms with van der Waals surface area (Å²) in [6.07, 6.45) is 0. The van der Waals surface area contributed by atoms with Crippen molar-refractivity contribution in [3.63, 3.8) is 0 Å². The minimum Gasteiger partial charge on any atom is -0.328 e. The second-order valence-corrected chi connectivity index (χ2v) is 6.33. The Labute approximate surface area is 131 Å². The molecule has 1 heterocycles. The summed E-state index contributed by atoms with van der Waals surface area (Å²) in [6, 6.07) is 10.2. The number of hydrogen-bond donors (Lipinski definition) is 0. The Hall–Kier alpha value is -1.68. The molecule has 4 heteroatoms. The Balaban J connectivity index is 1.94. The van der Waals surface area contributed by atoms with Crippen molar-refractivity contribution in [1.29, 1.82) is 0 Å². The topological polar surface area (TPSA) is 20.3 Å². The van der Waals surface area contributed by atoms with Crippen molar-refractivity contribution < 1.29 is 9.18 Å². The van der Waals surface area contributed by atoms with Crippen LogP contribution in [0, 0.1) is 12.7 Å². The van der Waals surface area contributed by atoms with Gasteiger partial charge in [-0.15, -0.1) is 0 Å². The summed E-state index contributed by atoms with van der Waals surface area (Å²) < 4.78 is 14.0. The smallest absolute Gasteiger partial charge is 0.255 e. The Kier molecular flexibility index (Phi) is 3.57. The molecule has 2 aromatic rings. The highest BCUT2D eigenvalue weighted by Gasteiger charge is 2.32. The second kappa shape index (κ2) is 5.26. The van der Waals surface area contributed by atoms with Gasteiger partial charge in [0.05, 0.1) is 6.04 Å². The normalized spacial score (nSPS) is 15.2. The summed E-state index contributed by atoms with van der Waals surface area (Å²) in [4.78, 5) is 14.5. The van der Waals surface area contributed by atoms with Crippen LogP contribution in [0.3, 0.4) is 0 Å². The van der Waals surface area contributed by atoms with E-state index in [1.807, 2.05) is 30.9 Å². The van der Waals surface area contributed by atoms with Crippen LogP contribution in [-0.4, -0.2) is 10.8 Å². The van der Waals surface area contributed by atoms with Crippen molar-refractivity contribution >= 4 is 21.8 Å². The first-order valence-electron chi connectivity index (χ1n) is 6.83. The zero-order valence-electron chi connectivity index (χ0n) is 11.9. The third-order valence-corrected chi connectivity index (χ3v) is 4.48. The Morgan fingerprint density at radius 1 is 1.24 bits per heavy atom. The lowest BCUT2D eigenvalue weighted by Crippen LogP contribution is -2.27. The first kappa shape index (κ1) is 14.3. The van der Waals surface area contributed by atoms with Crippen molar-refractivity contribution in [3.05, 3.63) is 68.9 Å². The molecule has 3 rings (SSSR count). The van der Waals surface area contributed by atoms with Gasteiger partial charge < -0.3 is 4.90 Å². The van der Waals surface area contributed by atoms with Gasteiger partial charge in [0, 0.05) is 16.6 Å². The van der Waals surface area contributed by atoms with E-state index in [2.05, 4.69) is 15.9 Å². The lowest BCUT2D eigenvalue weighted by Gasteiger charge is -2.24. The molecule has 21 heavy (non-hydrogen) atoms. The van der Waals surface area contributed by atoms with Gasteiger partial charge in [-0.05, 0) is 54.8 Å². The van der Waals surface area contributed by atoms with Gasteiger partial charge in [-0.2, -0.15) is 0 Å². The van der Waals surface area contributed by atoms with Crippen molar-refractivity contribution in [2.75, 3.05) is 0 Å². The van der Waals surface area contributed by atoms with Crippen LogP contribution in [0.4, 0.5) is 4.39 Å². The van der Waals surface area contributed by atoms with Gasteiger partial charge in [-0.3, -0.25) is 4.79 Å². The van der Waals surface area contributed by atoms with Crippen LogP contribution in [0.1, 0.15) is 40.0 Å². The molecule has 0 aromatic heterocycles. The molecule has 0 saturated carbocycles. The van der Waals surface area contributed by atoms with Crippen LogP contribution in [0.5, 0.6) is 0 Å². The third kappa shape index (κ3) is 2.48. The number of carbonyl (C=O) groups is 1. The number of benzene rings is 2. The van der Waals surface area contributed by atoms with Crippen LogP contribution in [0.2, 0.25) is 0 Å². The van der Waals surface area contributed by atoms with Gasteiger partial charge in [-0.1, -0.05) is 28.1 Å². The first-order chi connectivity index (χ1) is 9.97. The molecule has 0 spiro atoms. The van der Waals surface area contributed by atoms with E-state index in [9.17, 15) is 9.18 Å². The van der Waals surface area contributed by atoms with Crippen LogP contribution in [0.15, 0.2) is 40.9 Å². The minimum absolute atomic E-state index is 0.0480. The standard InChI is InChI=1S/C17H15BrFNO/c1-10-7-14(18)8-13-9-20(17(21)16(10)13)11(2)12-3-5-15(19)6-4-12/h3-8,11H,9H2,1-2H3.